The number of rotatable bonds is 4. The number of nitrogens with one attached hydrogen (secondary N) is 2. The second-order valence-corrected chi connectivity index (χ2v) is 4.37. The molecule has 0 saturated heterocycles. The van der Waals surface area contributed by atoms with E-state index in [1.54, 1.807) is 6.07 Å². The molecule has 0 aromatic carbocycles. The second-order valence-electron chi connectivity index (χ2n) is 4.37. The van der Waals surface area contributed by atoms with Gasteiger partial charge in [-0.25, -0.2) is 0 Å². The van der Waals surface area contributed by atoms with Crippen molar-refractivity contribution >= 4 is 5.91 Å². The summed E-state index contributed by atoms with van der Waals surface area (Å²) in [5, 5.41) is 2.82. The fourth-order valence-corrected chi connectivity index (χ4v) is 1.18. The summed E-state index contributed by atoms with van der Waals surface area (Å²) in [5.74, 6) is 0.754. The summed E-state index contributed by atoms with van der Waals surface area (Å²) in [6.07, 6.45) is 1.48. The Morgan fingerprint density at radius 2 is 2.12 bits per heavy atom. The number of hydrogen-bond donors (Lipinski definition) is 2. The number of aromatic amines is 1. The van der Waals surface area contributed by atoms with Crippen LogP contribution in [0.2, 0.25) is 0 Å². The molecule has 1 aromatic heterocycles. The standard InChI is InChI=1S/C12H18N2O2/c1-8(2)9(3)7-14-12(16)10-4-5-13-11(15)6-10/h4-6,8-9H,7H2,1-3H3,(H,13,15)(H,14,16). The third-order valence-electron chi connectivity index (χ3n) is 2.76. The van der Waals surface area contributed by atoms with Gasteiger partial charge in [0, 0.05) is 24.4 Å². The van der Waals surface area contributed by atoms with Gasteiger partial charge in [-0.2, -0.15) is 0 Å². The molecule has 0 saturated carbocycles. The summed E-state index contributed by atoms with van der Waals surface area (Å²) in [6.45, 7) is 6.94. The van der Waals surface area contributed by atoms with E-state index in [1.807, 2.05) is 0 Å². The van der Waals surface area contributed by atoms with Crippen molar-refractivity contribution in [2.45, 2.75) is 20.8 Å². The summed E-state index contributed by atoms with van der Waals surface area (Å²) >= 11 is 0. The van der Waals surface area contributed by atoms with Gasteiger partial charge in [0.15, 0.2) is 0 Å². The lowest BCUT2D eigenvalue weighted by Crippen LogP contribution is -2.30. The molecule has 1 aromatic rings. The fraction of sp³-hybridized carbons (Fsp3) is 0.500. The van der Waals surface area contributed by atoms with E-state index in [0.29, 0.717) is 23.9 Å². The van der Waals surface area contributed by atoms with Crippen LogP contribution >= 0.6 is 0 Å². The van der Waals surface area contributed by atoms with E-state index < -0.39 is 0 Å². The fourth-order valence-electron chi connectivity index (χ4n) is 1.18. The molecule has 0 bridgehead atoms. The molecule has 0 spiro atoms. The third-order valence-corrected chi connectivity index (χ3v) is 2.76. The van der Waals surface area contributed by atoms with Crippen LogP contribution in [-0.2, 0) is 0 Å². The molecule has 1 rings (SSSR count). The minimum absolute atomic E-state index is 0.196. The highest BCUT2D eigenvalue weighted by Crippen LogP contribution is 2.07. The van der Waals surface area contributed by atoms with E-state index in [9.17, 15) is 9.59 Å². The maximum Gasteiger partial charge on any atom is 0.251 e. The predicted molar refractivity (Wildman–Crippen MR) is 63.4 cm³/mol. The molecule has 4 nitrogen and oxygen atoms in total. The number of carbonyl (C=O) groups excluding carboxylic acids is 1. The molecule has 0 fully saturated rings. The first-order valence-corrected chi connectivity index (χ1v) is 5.47. The highest BCUT2D eigenvalue weighted by atomic mass is 16.2. The Morgan fingerprint density at radius 3 is 2.69 bits per heavy atom. The average Bonchev–Trinajstić information content (AvgIpc) is 2.25. The van der Waals surface area contributed by atoms with Crippen LogP contribution in [-0.4, -0.2) is 17.4 Å². The zero-order chi connectivity index (χ0) is 12.1. The number of pyridine rings is 1. The number of H-pyrrole nitrogens is 1. The lowest BCUT2D eigenvalue weighted by Gasteiger charge is -2.15. The first kappa shape index (κ1) is 12.5. The van der Waals surface area contributed by atoms with Crippen LogP contribution < -0.4 is 10.9 Å². The zero-order valence-corrected chi connectivity index (χ0v) is 9.91. The largest absolute Gasteiger partial charge is 0.352 e. The van der Waals surface area contributed by atoms with Crippen molar-refractivity contribution in [3.05, 3.63) is 34.2 Å². The average molecular weight is 222 g/mol. The van der Waals surface area contributed by atoms with E-state index in [4.69, 9.17) is 0 Å². The van der Waals surface area contributed by atoms with Crippen molar-refractivity contribution in [3.8, 4) is 0 Å². The topological polar surface area (TPSA) is 62.0 Å². The highest BCUT2D eigenvalue weighted by molar-refractivity contribution is 5.93. The van der Waals surface area contributed by atoms with Crippen LogP contribution in [0.5, 0.6) is 0 Å². The molecule has 1 amide bonds. The quantitative estimate of drug-likeness (QED) is 0.808. The van der Waals surface area contributed by atoms with E-state index in [0.717, 1.165) is 0 Å². The molecule has 88 valence electrons. The minimum Gasteiger partial charge on any atom is -0.352 e. The SMILES string of the molecule is CC(C)C(C)CNC(=O)c1cc[nH]c(=O)c1. The van der Waals surface area contributed by atoms with Gasteiger partial charge in [-0.15, -0.1) is 0 Å². The van der Waals surface area contributed by atoms with Crippen molar-refractivity contribution in [1.82, 2.24) is 10.3 Å². The van der Waals surface area contributed by atoms with Crippen molar-refractivity contribution in [2.75, 3.05) is 6.54 Å². The molecular formula is C12H18N2O2. The van der Waals surface area contributed by atoms with Gasteiger partial charge in [0.25, 0.3) is 5.91 Å². The number of aromatic nitrogens is 1. The number of hydrogen-bond acceptors (Lipinski definition) is 2. The molecule has 1 heterocycles. The monoisotopic (exact) mass is 222 g/mol. The molecule has 2 N–H and O–H groups in total. The van der Waals surface area contributed by atoms with Crippen LogP contribution in [0.25, 0.3) is 0 Å². The maximum absolute atomic E-state index is 11.7. The van der Waals surface area contributed by atoms with Gasteiger partial charge in [-0.1, -0.05) is 20.8 Å². The summed E-state index contributed by atoms with van der Waals surface area (Å²) in [5.41, 5.74) is 0.143. The van der Waals surface area contributed by atoms with Crippen molar-refractivity contribution in [2.24, 2.45) is 11.8 Å². The summed E-state index contributed by atoms with van der Waals surface area (Å²) in [4.78, 5) is 25.1. The Morgan fingerprint density at radius 1 is 1.44 bits per heavy atom. The van der Waals surface area contributed by atoms with Crippen molar-refractivity contribution in [1.29, 1.82) is 0 Å². The molecule has 0 aliphatic heterocycles. The Kier molecular flexibility index (Phi) is 4.28. The van der Waals surface area contributed by atoms with Gasteiger partial charge in [0.1, 0.15) is 0 Å². The first-order valence-electron chi connectivity index (χ1n) is 5.47. The Balaban J connectivity index is 2.57. The van der Waals surface area contributed by atoms with Crippen LogP contribution in [0.15, 0.2) is 23.1 Å². The van der Waals surface area contributed by atoms with Gasteiger partial charge in [-0.3, -0.25) is 9.59 Å². The smallest absolute Gasteiger partial charge is 0.251 e. The molecule has 0 aliphatic carbocycles. The normalized spacial score (nSPS) is 12.5. The Hall–Kier alpha value is -1.58. The molecule has 16 heavy (non-hydrogen) atoms. The maximum atomic E-state index is 11.7. The van der Waals surface area contributed by atoms with Crippen LogP contribution in [0, 0.1) is 11.8 Å². The molecule has 4 heteroatoms. The summed E-state index contributed by atoms with van der Waals surface area (Å²) < 4.78 is 0. The first-order chi connectivity index (χ1) is 7.50. The summed E-state index contributed by atoms with van der Waals surface area (Å²) in [6, 6.07) is 2.89. The zero-order valence-electron chi connectivity index (χ0n) is 9.91. The molecule has 1 unspecified atom stereocenters. The second kappa shape index (κ2) is 5.49. The molecule has 0 aliphatic rings. The Labute approximate surface area is 95.1 Å². The lowest BCUT2D eigenvalue weighted by atomic mass is 9.98. The number of amides is 1. The van der Waals surface area contributed by atoms with E-state index in [2.05, 4.69) is 31.1 Å². The predicted octanol–water partition coefficient (Wildman–Crippen LogP) is 1.40. The molecule has 1 atom stereocenters. The summed E-state index contributed by atoms with van der Waals surface area (Å²) in [7, 11) is 0. The van der Waals surface area contributed by atoms with Gasteiger partial charge in [-0.05, 0) is 17.9 Å². The van der Waals surface area contributed by atoms with Crippen LogP contribution in [0.1, 0.15) is 31.1 Å². The molecule has 0 radical (unpaired) electrons. The van der Waals surface area contributed by atoms with Gasteiger partial charge in [0.2, 0.25) is 5.56 Å². The van der Waals surface area contributed by atoms with Gasteiger partial charge in [0.05, 0.1) is 0 Å². The van der Waals surface area contributed by atoms with E-state index in [1.165, 1.54) is 12.3 Å². The van der Waals surface area contributed by atoms with E-state index in [-0.39, 0.29) is 11.5 Å². The molecular weight excluding hydrogens is 204 g/mol. The van der Waals surface area contributed by atoms with Gasteiger partial charge < -0.3 is 10.3 Å². The lowest BCUT2D eigenvalue weighted by molar-refractivity contribution is 0.0944. The van der Waals surface area contributed by atoms with Gasteiger partial charge >= 0.3 is 0 Å². The highest BCUT2D eigenvalue weighted by Gasteiger charge is 2.10. The van der Waals surface area contributed by atoms with Crippen LogP contribution in [0.3, 0.4) is 0 Å². The third kappa shape index (κ3) is 3.53. The van der Waals surface area contributed by atoms with Crippen molar-refractivity contribution in [3.63, 3.8) is 0 Å². The number of carbonyl (C=O) groups is 1. The minimum atomic E-state index is -0.260. The Bertz CT molecular complexity index is 409. The van der Waals surface area contributed by atoms with Crippen LogP contribution in [0.4, 0.5) is 0 Å². The van der Waals surface area contributed by atoms with Crippen molar-refractivity contribution < 1.29 is 4.79 Å². The van der Waals surface area contributed by atoms with E-state index >= 15 is 0 Å².